The highest BCUT2D eigenvalue weighted by atomic mass is 16.8. The lowest BCUT2D eigenvalue weighted by molar-refractivity contribution is -0.382. The quantitative estimate of drug-likeness (QED) is 0.0727. The summed E-state index contributed by atoms with van der Waals surface area (Å²) in [4.78, 5) is 0. The molecule has 74 heavy (non-hydrogen) atoms. The van der Waals surface area contributed by atoms with Crippen LogP contribution < -0.4 is 0 Å². The monoisotopic (exact) mass is 1060 g/mol. The second-order valence-electron chi connectivity index (χ2n) is 23.8. The molecule has 14 N–H and O–H groups in total. The van der Waals surface area contributed by atoms with Gasteiger partial charge >= 0.3 is 0 Å². The lowest BCUT2D eigenvalue weighted by Crippen LogP contribution is -2.67. The molecule has 0 aromatic carbocycles. The third-order valence-corrected chi connectivity index (χ3v) is 19.5. The largest absolute Gasteiger partial charge is 0.394 e. The highest BCUT2D eigenvalue weighted by Crippen LogP contribution is 2.70. The van der Waals surface area contributed by atoms with Crippen molar-refractivity contribution >= 4 is 0 Å². The molecule has 23 heteroatoms. The van der Waals surface area contributed by atoms with Gasteiger partial charge in [-0.3, -0.25) is 0 Å². The first-order chi connectivity index (χ1) is 35.0. The number of rotatable bonds is 15. The average molecular weight is 1070 g/mol. The van der Waals surface area contributed by atoms with Crippen molar-refractivity contribution in [2.45, 2.75) is 233 Å². The number of hydrogen-bond donors (Lipinski definition) is 14. The van der Waals surface area contributed by atoms with Crippen molar-refractivity contribution in [2.24, 2.45) is 46.3 Å². The first-order valence-electron chi connectivity index (χ1n) is 26.9. The molecule has 0 aromatic rings. The van der Waals surface area contributed by atoms with Crippen LogP contribution in [0.5, 0.6) is 0 Å². The van der Waals surface area contributed by atoms with Gasteiger partial charge in [-0.1, -0.05) is 39.3 Å². The predicted molar refractivity (Wildman–Crippen MR) is 250 cm³/mol. The molecule has 8 fully saturated rings. The Morgan fingerprint density at radius 3 is 1.80 bits per heavy atom. The van der Waals surface area contributed by atoms with Crippen LogP contribution in [0.25, 0.3) is 0 Å². The summed E-state index contributed by atoms with van der Waals surface area (Å²) >= 11 is 0. The van der Waals surface area contributed by atoms with E-state index in [0.29, 0.717) is 43.4 Å². The van der Waals surface area contributed by atoms with Gasteiger partial charge in [0.15, 0.2) is 30.9 Å². The number of ether oxygens (including phenoxy) is 9. The summed E-state index contributed by atoms with van der Waals surface area (Å²) in [7, 11) is 0. The molecule has 5 saturated heterocycles. The summed E-state index contributed by atoms with van der Waals surface area (Å²) in [5.74, 6) is -0.0686. The molecule has 9 rings (SSSR count). The third kappa shape index (κ3) is 10.2. The molecule has 4 aliphatic carbocycles. The van der Waals surface area contributed by atoms with Crippen LogP contribution in [0.2, 0.25) is 0 Å². The fraction of sp³-hybridized carbons (Fsp3) is 0.961. The SMILES string of the molecule is C[C@H](CC[C@]1(O)O[C@H]2C[C@H]3[C@@H]4CC=C5C[C@@H](O[C@@H]6O[C@H](CO)[C@@H](O)[C@H](O[C@@H]7O[C@H](CO)[C@@H](O)[C@H](O[C@@H]8O[C@H](CO)[C@@H](O)[C@H](O)[C@H]8O)[C@H]7O)[C@H]6O)CC[C@]5(C)[C@H]4CC[C@]3(C)[C@H]2[C@@H]1C)CO[C@@H]1O[C@@H](C)[C@H](O)[C@@H](O)[C@H]1O. The minimum Gasteiger partial charge on any atom is -0.394 e. The van der Waals surface area contributed by atoms with Crippen molar-refractivity contribution < 1.29 is 114 Å². The van der Waals surface area contributed by atoms with Crippen molar-refractivity contribution in [1.82, 2.24) is 0 Å². The second-order valence-corrected chi connectivity index (χ2v) is 23.8. The van der Waals surface area contributed by atoms with E-state index in [0.717, 1.165) is 32.1 Å². The summed E-state index contributed by atoms with van der Waals surface area (Å²) in [6.45, 7) is 8.37. The maximum absolute atomic E-state index is 12.1. The van der Waals surface area contributed by atoms with Crippen molar-refractivity contribution in [2.75, 3.05) is 26.4 Å². The van der Waals surface area contributed by atoms with E-state index in [1.165, 1.54) is 5.57 Å². The van der Waals surface area contributed by atoms with Crippen LogP contribution in [0.1, 0.15) is 92.4 Å². The molecule has 9 aliphatic rings. The molecule has 3 saturated carbocycles. The molecule has 5 aliphatic heterocycles. The molecule has 426 valence electrons. The van der Waals surface area contributed by atoms with Crippen molar-refractivity contribution in [3.8, 4) is 0 Å². The van der Waals surface area contributed by atoms with Gasteiger partial charge in [0.25, 0.3) is 0 Å². The Morgan fingerprint density at radius 2 is 1.19 bits per heavy atom. The molecule has 0 spiro atoms. The smallest absolute Gasteiger partial charge is 0.187 e. The van der Waals surface area contributed by atoms with Gasteiger partial charge in [0, 0.05) is 12.3 Å². The molecule has 0 amide bonds. The lowest BCUT2D eigenvalue weighted by atomic mass is 9.47. The number of allylic oxidation sites excluding steroid dienone is 1. The lowest BCUT2D eigenvalue weighted by Gasteiger charge is -2.58. The molecular weight excluding hydrogens is 981 g/mol. The van der Waals surface area contributed by atoms with Crippen LogP contribution in [0.15, 0.2) is 11.6 Å². The van der Waals surface area contributed by atoms with Gasteiger partial charge in [-0.2, -0.15) is 0 Å². The zero-order valence-corrected chi connectivity index (χ0v) is 42.9. The normalized spacial score (nSPS) is 54.9. The Morgan fingerprint density at radius 1 is 0.635 bits per heavy atom. The maximum atomic E-state index is 12.1. The standard InChI is InChI=1S/C51H84O23/c1-20(19-66-45-39(61)37(59)33(55)22(3)67-45)8-13-51(65)21(2)32-28(74-51)15-27-25-7-6-23-14-24(9-11-49(23,4)26(25)10-12-50(27,32)5)68-47-41(63)43(35(57)30(17-53)70-47)73-48-42(64)44(36(58)31(18-54)71-48)72-46-40(62)38(60)34(56)29(16-52)69-46/h6,20-22,24-48,52-65H,7-19H2,1-5H3/t20-,21+,22+,24+,25-,26+,27+,28+,29-,30-,31-,32+,33+,34-,35-,36-,37-,38+,39-,40-,41-,42-,43+,44+,45-,46+,47-,48+,49+,50+,51+/m1/s1. The summed E-state index contributed by atoms with van der Waals surface area (Å²) in [5, 5.41) is 149. The van der Waals surface area contributed by atoms with Crippen LogP contribution in [0.3, 0.4) is 0 Å². The van der Waals surface area contributed by atoms with Gasteiger partial charge in [0.2, 0.25) is 0 Å². The molecular formula is C51H84O23. The topological polar surface area (TPSA) is 366 Å². The zero-order chi connectivity index (χ0) is 53.5. The van der Waals surface area contributed by atoms with Crippen molar-refractivity contribution in [3.63, 3.8) is 0 Å². The maximum Gasteiger partial charge on any atom is 0.187 e. The van der Waals surface area contributed by atoms with Crippen molar-refractivity contribution in [3.05, 3.63) is 11.6 Å². The van der Waals surface area contributed by atoms with Crippen molar-refractivity contribution in [1.29, 1.82) is 0 Å². The van der Waals surface area contributed by atoms with Crippen LogP contribution in [-0.4, -0.2) is 239 Å². The number of aliphatic hydroxyl groups is 14. The molecule has 0 radical (unpaired) electrons. The zero-order valence-electron chi connectivity index (χ0n) is 42.9. The molecule has 31 atom stereocenters. The first kappa shape index (κ1) is 57.5. The van der Waals surface area contributed by atoms with Gasteiger partial charge in [-0.05, 0) is 98.7 Å². The summed E-state index contributed by atoms with van der Waals surface area (Å²) in [6, 6.07) is 0. The Labute approximate surface area is 430 Å². The van der Waals surface area contributed by atoms with E-state index in [9.17, 15) is 71.5 Å². The third-order valence-electron chi connectivity index (χ3n) is 19.5. The average Bonchev–Trinajstić information content (AvgIpc) is 3.82. The van der Waals surface area contributed by atoms with Gasteiger partial charge in [0.1, 0.15) is 91.6 Å². The molecule has 0 bridgehead atoms. The minimum absolute atomic E-state index is 0.0194. The Kier molecular flexibility index (Phi) is 17.4. The number of aliphatic hydroxyl groups excluding tert-OH is 13. The fourth-order valence-corrected chi connectivity index (χ4v) is 15.0. The van der Waals surface area contributed by atoms with Crippen LogP contribution in [0, 0.1) is 46.3 Å². The van der Waals surface area contributed by atoms with E-state index in [1.54, 1.807) is 6.92 Å². The highest BCUT2D eigenvalue weighted by Gasteiger charge is 2.68. The predicted octanol–water partition coefficient (Wildman–Crippen LogP) is -3.01. The van der Waals surface area contributed by atoms with Gasteiger partial charge in [0.05, 0.1) is 44.7 Å². The summed E-state index contributed by atoms with van der Waals surface area (Å²) < 4.78 is 53.3. The van der Waals surface area contributed by atoms with E-state index in [1.807, 2.05) is 6.92 Å². The Balaban J connectivity index is 0.809. The number of hydrogen-bond acceptors (Lipinski definition) is 23. The fourth-order valence-electron chi connectivity index (χ4n) is 15.0. The molecule has 5 heterocycles. The highest BCUT2D eigenvalue weighted by molar-refractivity contribution is 5.26. The van der Waals surface area contributed by atoms with E-state index < -0.39 is 155 Å². The Hall–Kier alpha value is -1.18. The van der Waals surface area contributed by atoms with Gasteiger partial charge < -0.3 is 114 Å². The van der Waals surface area contributed by atoms with E-state index in [4.69, 9.17) is 42.6 Å². The van der Waals surface area contributed by atoms with E-state index >= 15 is 0 Å². The van der Waals surface area contributed by atoms with Crippen LogP contribution >= 0.6 is 0 Å². The first-order valence-corrected chi connectivity index (χ1v) is 26.9. The van der Waals surface area contributed by atoms with Gasteiger partial charge in [-0.25, -0.2) is 0 Å². The van der Waals surface area contributed by atoms with Gasteiger partial charge in [-0.15, -0.1) is 0 Å². The molecule has 0 aromatic heterocycles. The summed E-state index contributed by atoms with van der Waals surface area (Å²) in [5.41, 5.74) is 1.09. The van der Waals surface area contributed by atoms with E-state index in [2.05, 4.69) is 26.8 Å². The Bertz CT molecular complexity index is 1920. The summed E-state index contributed by atoms with van der Waals surface area (Å²) in [6.07, 6.45) is -22.4. The van der Waals surface area contributed by atoms with E-state index in [-0.39, 0.29) is 41.3 Å². The minimum atomic E-state index is -1.95. The van der Waals surface area contributed by atoms with Crippen LogP contribution in [0.4, 0.5) is 0 Å². The molecule has 0 unspecified atom stereocenters. The number of fused-ring (bicyclic) bond motifs is 7. The second kappa shape index (κ2) is 22.4. The molecule has 23 nitrogen and oxygen atoms in total. The van der Waals surface area contributed by atoms with Crippen LogP contribution in [-0.2, 0) is 42.6 Å².